The van der Waals surface area contributed by atoms with Crippen LogP contribution in [0.5, 0.6) is 0 Å². The molecule has 0 spiro atoms. The van der Waals surface area contributed by atoms with Crippen molar-refractivity contribution in [2.24, 2.45) is 0 Å². The van der Waals surface area contributed by atoms with Gasteiger partial charge in [0.05, 0.1) is 4.91 Å². The summed E-state index contributed by atoms with van der Waals surface area (Å²) in [5, 5.41) is 0. The summed E-state index contributed by atoms with van der Waals surface area (Å²) < 4.78 is 0. The van der Waals surface area contributed by atoms with Gasteiger partial charge in [-0.1, -0.05) is 66.9 Å². The van der Waals surface area contributed by atoms with Crippen LogP contribution >= 0.6 is 11.8 Å². The minimum Gasteiger partial charge on any atom is -0.113 e. The van der Waals surface area contributed by atoms with Gasteiger partial charge in [0.15, 0.2) is 0 Å². The smallest absolute Gasteiger partial charge is 0.0609 e. The average molecular weight is 264 g/mol. The molecule has 0 aromatic heterocycles. The van der Waals surface area contributed by atoms with E-state index in [9.17, 15) is 0 Å². The van der Waals surface area contributed by atoms with E-state index in [1.165, 1.54) is 16.0 Å². The first-order valence-electron chi connectivity index (χ1n) is 6.17. The highest BCUT2D eigenvalue weighted by molar-refractivity contribution is 8.08. The molecular weight excluding hydrogens is 248 g/mol. The van der Waals surface area contributed by atoms with Crippen molar-refractivity contribution >= 4 is 16.7 Å². The summed E-state index contributed by atoms with van der Waals surface area (Å²) in [4.78, 5) is 2.26. The van der Waals surface area contributed by atoms with Crippen molar-refractivity contribution in [3.63, 3.8) is 0 Å². The van der Waals surface area contributed by atoms with Crippen LogP contribution in [-0.4, -0.2) is 0 Å². The maximum absolute atomic E-state index is 3.83. The van der Waals surface area contributed by atoms with E-state index in [0.717, 1.165) is 11.3 Å². The molecule has 0 saturated carbocycles. The van der Waals surface area contributed by atoms with Crippen LogP contribution in [0.15, 0.2) is 84.5 Å². The first-order valence-corrected chi connectivity index (χ1v) is 6.99. The van der Waals surface area contributed by atoms with Gasteiger partial charge < -0.3 is 0 Å². The zero-order valence-corrected chi connectivity index (χ0v) is 11.6. The molecule has 0 unspecified atom stereocenters. The molecule has 0 nitrogen and oxygen atoms in total. The van der Waals surface area contributed by atoms with Gasteiger partial charge in [-0.25, -0.2) is 0 Å². The second-order valence-corrected chi connectivity index (χ2v) is 5.15. The Balaban J connectivity index is 2.33. The predicted octanol–water partition coefficient (Wildman–Crippen LogP) is 5.33. The molecular formula is C18H16S. The predicted molar refractivity (Wildman–Crippen MR) is 85.2 cm³/mol. The van der Waals surface area contributed by atoms with E-state index in [1.54, 1.807) is 11.8 Å². The molecule has 0 radical (unpaired) electrons. The molecule has 94 valence electrons. The van der Waals surface area contributed by atoms with Crippen LogP contribution < -0.4 is 0 Å². The third-order valence-electron chi connectivity index (χ3n) is 2.75. The standard InChI is InChI=1S/C18H16S/c1-3-10-15-11-8-9-14-17(15)18(4-2)19-16-12-6-5-7-13-16/h3,5-9,11-14H,1-2,10H2. The van der Waals surface area contributed by atoms with Gasteiger partial charge in [-0.15, -0.1) is 12.3 Å². The van der Waals surface area contributed by atoms with Crippen LogP contribution in [0.3, 0.4) is 0 Å². The fourth-order valence-electron chi connectivity index (χ4n) is 1.87. The summed E-state index contributed by atoms with van der Waals surface area (Å²) in [6.07, 6.45) is 2.78. The molecule has 2 aromatic rings. The van der Waals surface area contributed by atoms with Crippen molar-refractivity contribution in [2.75, 3.05) is 0 Å². The summed E-state index contributed by atoms with van der Waals surface area (Å²) in [6, 6.07) is 18.6. The van der Waals surface area contributed by atoms with Crippen molar-refractivity contribution in [1.29, 1.82) is 0 Å². The normalized spacial score (nSPS) is 9.68. The highest BCUT2D eigenvalue weighted by atomic mass is 32.2. The van der Waals surface area contributed by atoms with Crippen LogP contribution in [0, 0.1) is 0 Å². The molecule has 0 bridgehead atoms. The second kappa shape index (κ2) is 6.84. The summed E-state index contributed by atoms with van der Waals surface area (Å²) in [6.45, 7) is 7.64. The molecule has 2 rings (SSSR count). The number of hydrogen-bond donors (Lipinski definition) is 0. The summed E-state index contributed by atoms with van der Waals surface area (Å²) in [5.74, 6) is 0. The van der Waals surface area contributed by atoms with Gasteiger partial charge in [-0.3, -0.25) is 0 Å². The van der Waals surface area contributed by atoms with E-state index in [2.05, 4.69) is 49.2 Å². The second-order valence-electron chi connectivity index (χ2n) is 4.07. The molecule has 0 heterocycles. The van der Waals surface area contributed by atoms with E-state index in [0.29, 0.717) is 0 Å². The molecule has 0 fully saturated rings. The number of rotatable bonds is 5. The molecule has 0 saturated heterocycles. The monoisotopic (exact) mass is 264 g/mol. The van der Waals surface area contributed by atoms with Crippen LogP contribution in [0.1, 0.15) is 11.1 Å². The van der Waals surface area contributed by atoms with Crippen molar-refractivity contribution in [3.05, 3.63) is 90.7 Å². The lowest BCUT2D eigenvalue weighted by atomic mass is 10.0. The van der Waals surface area contributed by atoms with Crippen molar-refractivity contribution in [1.82, 2.24) is 0 Å². The first kappa shape index (κ1) is 13.5. The molecule has 0 aliphatic rings. The lowest BCUT2D eigenvalue weighted by Crippen LogP contribution is -1.89. The third kappa shape index (κ3) is 3.51. The van der Waals surface area contributed by atoms with E-state index < -0.39 is 0 Å². The Kier molecular flexibility index (Phi) is 4.85. The van der Waals surface area contributed by atoms with Gasteiger partial charge in [0.2, 0.25) is 0 Å². The van der Waals surface area contributed by atoms with Crippen LogP contribution in [-0.2, 0) is 6.42 Å². The number of hydrogen-bond acceptors (Lipinski definition) is 1. The van der Waals surface area contributed by atoms with Crippen molar-refractivity contribution < 1.29 is 0 Å². The molecule has 1 heteroatoms. The first-order chi connectivity index (χ1) is 9.35. The lowest BCUT2D eigenvalue weighted by Gasteiger charge is -2.09. The topological polar surface area (TPSA) is 0 Å². The van der Waals surface area contributed by atoms with Gasteiger partial charge in [0.25, 0.3) is 0 Å². The van der Waals surface area contributed by atoms with E-state index >= 15 is 0 Å². The van der Waals surface area contributed by atoms with Gasteiger partial charge in [0, 0.05) is 4.90 Å². The van der Waals surface area contributed by atoms with E-state index in [-0.39, 0.29) is 0 Å². The molecule has 0 atom stereocenters. The Morgan fingerprint density at radius 2 is 1.74 bits per heavy atom. The Bertz CT molecular complexity index is 605. The van der Waals surface area contributed by atoms with Gasteiger partial charge in [-0.05, 0) is 29.7 Å². The quantitative estimate of drug-likeness (QED) is 0.399. The highest BCUT2D eigenvalue weighted by Crippen LogP contribution is 2.34. The van der Waals surface area contributed by atoms with Gasteiger partial charge in [0.1, 0.15) is 0 Å². The Morgan fingerprint density at radius 3 is 2.42 bits per heavy atom. The van der Waals surface area contributed by atoms with Crippen molar-refractivity contribution in [2.45, 2.75) is 11.3 Å². The van der Waals surface area contributed by atoms with Crippen LogP contribution in [0.25, 0.3) is 4.91 Å². The van der Waals surface area contributed by atoms with Crippen molar-refractivity contribution in [3.8, 4) is 0 Å². The number of thioether (sulfide) groups is 1. The molecule has 2 aromatic carbocycles. The highest BCUT2D eigenvalue weighted by Gasteiger charge is 2.07. The average Bonchev–Trinajstić information content (AvgIpc) is 2.47. The van der Waals surface area contributed by atoms with Gasteiger partial charge in [-0.2, -0.15) is 0 Å². The lowest BCUT2D eigenvalue weighted by molar-refractivity contribution is 1.26. The molecule has 0 N–H and O–H groups in total. The Morgan fingerprint density at radius 1 is 1.05 bits per heavy atom. The van der Waals surface area contributed by atoms with E-state index in [4.69, 9.17) is 0 Å². The number of benzene rings is 2. The molecule has 0 aliphatic heterocycles. The maximum atomic E-state index is 3.83. The zero-order chi connectivity index (χ0) is 13.5. The van der Waals surface area contributed by atoms with Crippen LogP contribution in [0.2, 0.25) is 0 Å². The maximum Gasteiger partial charge on any atom is 0.0609 e. The fraction of sp³-hybridized carbons (Fsp3) is 0.0556. The molecule has 19 heavy (non-hydrogen) atoms. The minimum atomic E-state index is 0.858. The SMILES string of the molecule is C=C=C(Sc1ccccc1)c1ccccc1CC=C. The van der Waals surface area contributed by atoms with Crippen LogP contribution in [0.4, 0.5) is 0 Å². The summed E-state index contributed by atoms with van der Waals surface area (Å²) in [5.41, 5.74) is 5.50. The third-order valence-corrected chi connectivity index (χ3v) is 3.83. The van der Waals surface area contributed by atoms with E-state index in [1.807, 2.05) is 30.3 Å². The Hall–Kier alpha value is -1.95. The Labute approximate surface area is 119 Å². The summed E-state index contributed by atoms with van der Waals surface area (Å²) in [7, 11) is 0. The largest absolute Gasteiger partial charge is 0.113 e. The van der Waals surface area contributed by atoms with Gasteiger partial charge >= 0.3 is 0 Å². The molecule has 0 aliphatic carbocycles. The fourth-order valence-corrected chi connectivity index (χ4v) is 2.78. The molecule has 0 amide bonds. The minimum absolute atomic E-state index is 0.858. The number of allylic oxidation sites excluding steroid dienone is 1. The summed E-state index contributed by atoms with van der Waals surface area (Å²) >= 11 is 1.69. The zero-order valence-electron chi connectivity index (χ0n) is 10.8.